The van der Waals surface area contributed by atoms with Gasteiger partial charge in [-0.25, -0.2) is 0 Å². The molecule has 1 aliphatic rings. The van der Waals surface area contributed by atoms with Crippen molar-refractivity contribution < 1.29 is 0 Å². The van der Waals surface area contributed by atoms with Crippen LogP contribution in [0.3, 0.4) is 0 Å². The van der Waals surface area contributed by atoms with Gasteiger partial charge in [0.2, 0.25) is 0 Å². The zero-order chi connectivity index (χ0) is 11.5. The summed E-state index contributed by atoms with van der Waals surface area (Å²) in [6.45, 7) is 12.1. The van der Waals surface area contributed by atoms with Gasteiger partial charge in [-0.05, 0) is 30.1 Å². The van der Waals surface area contributed by atoms with E-state index in [-0.39, 0.29) is 0 Å². The number of hydrogen-bond acceptors (Lipinski definition) is 1. The summed E-state index contributed by atoms with van der Waals surface area (Å²) in [6.07, 6.45) is 6.65. The summed E-state index contributed by atoms with van der Waals surface area (Å²) in [6, 6.07) is 0. The second-order valence-electron chi connectivity index (χ2n) is 6.70. The molecule has 0 nitrogen and oxygen atoms in total. The van der Waals surface area contributed by atoms with Gasteiger partial charge in [-0.1, -0.05) is 45.1 Å². The Bertz CT molecular complexity index is 235. The SMILES string of the molecule is CC1(C)C=C(CSC[Si](C)(C)C)CCC1. The first-order valence-electron chi connectivity index (χ1n) is 6.07. The molecule has 88 valence electrons. The second-order valence-corrected chi connectivity index (χ2v) is 13.7. The molecule has 0 saturated heterocycles. The molecule has 0 spiro atoms. The molecule has 15 heavy (non-hydrogen) atoms. The summed E-state index contributed by atoms with van der Waals surface area (Å²) in [4.78, 5) is 0. The first-order chi connectivity index (χ1) is 6.79. The Morgan fingerprint density at radius 1 is 1.33 bits per heavy atom. The zero-order valence-corrected chi connectivity index (χ0v) is 12.8. The highest BCUT2D eigenvalue weighted by molar-refractivity contribution is 8.01. The average molecular weight is 243 g/mol. The Morgan fingerprint density at radius 2 is 2.00 bits per heavy atom. The van der Waals surface area contributed by atoms with Crippen molar-refractivity contribution in [1.29, 1.82) is 0 Å². The van der Waals surface area contributed by atoms with Gasteiger partial charge < -0.3 is 0 Å². The predicted molar refractivity (Wildman–Crippen MR) is 76.4 cm³/mol. The molecule has 0 aliphatic heterocycles. The van der Waals surface area contributed by atoms with Crippen LogP contribution in [0.5, 0.6) is 0 Å². The Labute approximate surface area is 101 Å². The van der Waals surface area contributed by atoms with Gasteiger partial charge >= 0.3 is 0 Å². The Hall–Kier alpha value is 0.307. The maximum Gasteiger partial charge on any atom is 0.0548 e. The lowest BCUT2D eigenvalue weighted by atomic mass is 9.80. The van der Waals surface area contributed by atoms with E-state index in [0.29, 0.717) is 5.41 Å². The van der Waals surface area contributed by atoms with Crippen molar-refractivity contribution in [3.8, 4) is 0 Å². The lowest BCUT2D eigenvalue weighted by molar-refractivity contribution is 0.398. The zero-order valence-electron chi connectivity index (χ0n) is 11.0. The fourth-order valence-corrected chi connectivity index (χ4v) is 5.42. The van der Waals surface area contributed by atoms with Crippen molar-refractivity contribution in [3.63, 3.8) is 0 Å². The van der Waals surface area contributed by atoms with E-state index >= 15 is 0 Å². The summed E-state index contributed by atoms with van der Waals surface area (Å²) >= 11 is 2.16. The van der Waals surface area contributed by atoms with E-state index in [1.807, 2.05) is 0 Å². The molecular formula is C13H26SSi. The molecule has 0 saturated carbocycles. The number of allylic oxidation sites excluding steroid dienone is 1. The lowest BCUT2D eigenvalue weighted by Gasteiger charge is -2.27. The van der Waals surface area contributed by atoms with Crippen molar-refractivity contribution in [3.05, 3.63) is 11.6 Å². The van der Waals surface area contributed by atoms with Gasteiger partial charge in [0.1, 0.15) is 0 Å². The quantitative estimate of drug-likeness (QED) is 0.507. The van der Waals surface area contributed by atoms with Crippen LogP contribution in [0.2, 0.25) is 19.6 Å². The third-order valence-electron chi connectivity index (χ3n) is 2.74. The molecule has 1 rings (SSSR count). The standard InChI is InChI=1S/C13H26SSi/c1-13(2)8-6-7-12(9-13)10-14-11-15(3,4)5/h9H,6-8,10-11H2,1-5H3. The van der Waals surface area contributed by atoms with Gasteiger partial charge in [-0.3, -0.25) is 0 Å². The summed E-state index contributed by atoms with van der Waals surface area (Å²) in [5, 5.41) is 1.41. The molecule has 0 aromatic carbocycles. The molecule has 0 N–H and O–H groups in total. The Balaban J connectivity index is 2.36. The van der Waals surface area contributed by atoms with Gasteiger partial charge in [-0.2, -0.15) is 11.8 Å². The fraction of sp³-hybridized carbons (Fsp3) is 0.846. The predicted octanol–water partition coefficient (Wildman–Crippen LogP) is 4.73. The topological polar surface area (TPSA) is 0 Å². The molecule has 0 heterocycles. The van der Waals surface area contributed by atoms with E-state index in [9.17, 15) is 0 Å². The van der Waals surface area contributed by atoms with Crippen molar-refractivity contribution >= 4 is 19.8 Å². The third-order valence-corrected chi connectivity index (χ3v) is 7.59. The van der Waals surface area contributed by atoms with Crippen LogP contribution in [0, 0.1) is 5.41 Å². The first-order valence-corrected chi connectivity index (χ1v) is 10.9. The largest absolute Gasteiger partial charge is 0.161 e. The number of rotatable bonds is 4. The maximum atomic E-state index is 2.54. The monoisotopic (exact) mass is 242 g/mol. The summed E-state index contributed by atoms with van der Waals surface area (Å²) in [7, 11) is -0.842. The average Bonchev–Trinajstić information content (AvgIpc) is 1.99. The van der Waals surface area contributed by atoms with E-state index in [0.717, 1.165) is 0 Å². The van der Waals surface area contributed by atoms with Crippen molar-refractivity contribution in [2.45, 2.75) is 52.8 Å². The first kappa shape index (κ1) is 13.4. The van der Waals surface area contributed by atoms with Crippen LogP contribution in [-0.2, 0) is 0 Å². The molecule has 0 unspecified atom stereocenters. The van der Waals surface area contributed by atoms with E-state index in [4.69, 9.17) is 0 Å². The van der Waals surface area contributed by atoms with Crippen LogP contribution in [0.25, 0.3) is 0 Å². The molecule has 0 atom stereocenters. The molecule has 0 bridgehead atoms. The van der Waals surface area contributed by atoms with E-state index in [1.165, 1.54) is 30.4 Å². The molecule has 2 heteroatoms. The van der Waals surface area contributed by atoms with Crippen molar-refractivity contribution in [2.75, 3.05) is 11.1 Å². The van der Waals surface area contributed by atoms with E-state index in [1.54, 1.807) is 5.57 Å². The lowest BCUT2D eigenvalue weighted by Crippen LogP contribution is -2.24. The van der Waals surface area contributed by atoms with Crippen LogP contribution in [0.15, 0.2) is 11.6 Å². The van der Waals surface area contributed by atoms with Crippen LogP contribution >= 0.6 is 11.8 Å². The van der Waals surface area contributed by atoms with Gasteiger partial charge in [-0.15, -0.1) is 0 Å². The van der Waals surface area contributed by atoms with Gasteiger partial charge in [0, 0.05) is 5.75 Å². The summed E-state index contributed by atoms with van der Waals surface area (Å²) < 4.78 is 0. The summed E-state index contributed by atoms with van der Waals surface area (Å²) in [5.41, 5.74) is 2.17. The molecular weight excluding hydrogens is 216 g/mol. The van der Waals surface area contributed by atoms with E-state index < -0.39 is 8.07 Å². The highest BCUT2D eigenvalue weighted by atomic mass is 32.2. The molecule has 0 amide bonds. The smallest absolute Gasteiger partial charge is 0.0548 e. The van der Waals surface area contributed by atoms with Crippen molar-refractivity contribution in [1.82, 2.24) is 0 Å². The van der Waals surface area contributed by atoms with Crippen LogP contribution in [0.1, 0.15) is 33.1 Å². The molecule has 0 radical (unpaired) electrons. The highest BCUT2D eigenvalue weighted by Crippen LogP contribution is 2.34. The second kappa shape index (κ2) is 5.09. The maximum absolute atomic E-state index is 2.54. The number of thioether (sulfide) groups is 1. The minimum atomic E-state index is -0.842. The minimum Gasteiger partial charge on any atom is -0.161 e. The van der Waals surface area contributed by atoms with Gasteiger partial charge in [0.05, 0.1) is 8.07 Å². The molecule has 0 fully saturated rings. The molecule has 0 aromatic rings. The normalized spacial score (nSPS) is 21.3. The third kappa shape index (κ3) is 5.81. The van der Waals surface area contributed by atoms with E-state index in [2.05, 4.69) is 51.3 Å². The molecule has 1 aliphatic carbocycles. The molecule has 0 aromatic heterocycles. The van der Waals surface area contributed by atoms with Crippen molar-refractivity contribution in [2.24, 2.45) is 5.41 Å². The van der Waals surface area contributed by atoms with Gasteiger partial charge in [0.15, 0.2) is 0 Å². The number of hydrogen-bond donors (Lipinski definition) is 0. The summed E-state index contributed by atoms with van der Waals surface area (Å²) in [5.74, 6) is 1.29. The minimum absolute atomic E-state index is 0.466. The Kier molecular flexibility index (Phi) is 4.54. The van der Waals surface area contributed by atoms with Gasteiger partial charge in [0.25, 0.3) is 0 Å². The highest BCUT2D eigenvalue weighted by Gasteiger charge is 2.20. The fourth-order valence-electron chi connectivity index (χ4n) is 2.07. The Morgan fingerprint density at radius 3 is 2.53 bits per heavy atom. The van der Waals surface area contributed by atoms with Crippen LogP contribution in [-0.4, -0.2) is 19.2 Å². The van der Waals surface area contributed by atoms with Crippen LogP contribution in [0.4, 0.5) is 0 Å². The van der Waals surface area contributed by atoms with Crippen LogP contribution < -0.4 is 0 Å².